The van der Waals surface area contributed by atoms with Gasteiger partial charge >= 0.3 is 6.18 Å². The van der Waals surface area contributed by atoms with E-state index in [4.69, 9.17) is 5.73 Å². The van der Waals surface area contributed by atoms with Gasteiger partial charge in [-0.15, -0.1) is 0 Å². The summed E-state index contributed by atoms with van der Waals surface area (Å²) in [5.41, 5.74) is 4.25. The van der Waals surface area contributed by atoms with Crippen LogP contribution < -0.4 is 11.1 Å². The molecular weight excluding hydrogens is 271 g/mol. The molecule has 0 atom stereocenters. The minimum Gasteiger partial charge on any atom is -0.396 e. The molecule has 7 heteroatoms. The van der Waals surface area contributed by atoms with Crippen molar-refractivity contribution < 1.29 is 18.0 Å². The fourth-order valence-electron chi connectivity index (χ4n) is 1.63. The first-order valence-electron chi connectivity index (χ1n) is 5.57. The first-order valence-corrected chi connectivity index (χ1v) is 5.57. The van der Waals surface area contributed by atoms with Gasteiger partial charge < -0.3 is 11.1 Å². The molecule has 0 bridgehead atoms. The third kappa shape index (κ3) is 2.87. The van der Waals surface area contributed by atoms with E-state index in [-0.39, 0.29) is 11.5 Å². The maximum atomic E-state index is 12.8. The van der Waals surface area contributed by atoms with Crippen molar-refractivity contribution in [3.05, 3.63) is 53.7 Å². The topological polar surface area (TPSA) is 68.0 Å². The number of hydrogen-bond acceptors (Lipinski definition) is 3. The summed E-state index contributed by atoms with van der Waals surface area (Å²) in [5.74, 6) is -0.891. The van der Waals surface area contributed by atoms with E-state index >= 15 is 0 Å². The van der Waals surface area contributed by atoms with Crippen LogP contribution in [-0.4, -0.2) is 10.9 Å². The molecule has 4 nitrogen and oxygen atoms in total. The zero-order valence-electron chi connectivity index (χ0n) is 10.1. The van der Waals surface area contributed by atoms with Gasteiger partial charge in [-0.05, 0) is 24.3 Å². The first-order chi connectivity index (χ1) is 9.39. The predicted molar refractivity (Wildman–Crippen MR) is 68.0 cm³/mol. The van der Waals surface area contributed by atoms with Gasteiger partial charge in [-0.2, -0.15) is 13.2 Å². The molecule has 3 N–H and O–H groups in total. The molecule has 1 amide bonds. The number of carbonyl (C=O) groups excluding carboxylic acids is 1. The number of rotatable bonds is 2. The van der Waals surface area contributed by atoms with E-state index in [1.165, 1.54) is 24.4 Å². The molecule has 0 saturated heterocycles. The molecule has 20 heavy (non-hydrogen) atoms. The third-order valence-corrected chi connectivity index (χ3v) is 2.55. The van der Waals surface area contributed by atoms with Crippen LogP contribution in [0.5, 0.6) is 0 Å². The third-order valence-electron chi connectivity index (χ3n) is 2.55. The number of amides is 1. The highest BCUT2D eigenvalue weighted by Gasteiger charge is 2.34. The fraction of sp³-hybridized carbons (Fsp3) is 0.0769. The van der Waals surface area contributed by atoms with Crippen molar-refractivity contribution in [2.75, 3.05) is 11.1 Å². The van der Waals surface area contributed by atoms with Gasteiger partial charge in [0.15, 0.2) is 5.82 Å². The summed E-state index contributed by atoms with van der Waals surface area (Å²) in [4.78, 5) is 15.7. The molecule has 0 aliphatic carbocycles. The van der Waals surface area contributed by atoms with E-state index in [1.54, 1.807) is 6.07 Å². The number of nitrogens with two attached hydrogens (primary N) is 1. The smallest absolute Gasteiger partial charge is 0.396 e. The Morgan fingerprint density at radius 1 is 1.15 bits per heavy atom. The van der Waals surface area contributed by atoms with Gasteiger partial charge in [0.2, 0.25) is 0 Å². The Morgan fingerprint density at radius 3 is 2.50 bits per heavy atom. The average Bonchev–Trinajstić information content (AvgIpc) is 2.40. The highest BCUT2D eigenvalue weighted by molar-refractivity contribution is 6.06. The molecule has 104 valence electrons. The van der Waals surface area contributed by atoms with Crippen LogP contribution in [0.4, 0.5) is 24.7 Å². The van der Waals surface area contributed by atoms with Crippen LogP contribution in [-0.2, 0) is 6.18 Å². The Kier molecular flexibility index (Phi) is 3.60. The van der Waals surface area contributed by atoms with Crippen molar-refractivity contribution in [3.8, 4) is 0 Å². The Hall–Kier alpha value is -2.57. The van der Waals surface area contributed by atoms with E-state index in [1.807, 2.05) is 0 Å². The summed E-state index contributed by atoms with van der Waals surface area (Å²) >= 11 is 0. The standard InChI is InChI=1S/C13H10F3N3O/c14-13(15,16)9-5-2-1-4-8(9)12(20)19-11-10(17)6-3-7-18-11/h1-7H,17H2,(H,18,19,20). The second-order valence-electron chi connectivity index (χ2n) is 3.94. The van der Waals surface area contributed by atoms with Crippen LogP contribution in [0, 0.1) is 0 Å². The highest BCUT2D eigenvalue weighted by Crippen LogP contribution is 2.32. The summed E-state index contributed by atoms with van der Waals surface area (Å²) in [5, 5.41) is 2.26. The number of aromatic nitrogens is 1. The second kappa shape index (κ2) is 5.20. The van der Waals surface area contributed by atoms with Gasteiger partial charge in [0.25, 0.3) is 5.91 Å². The number of nitrogens with zero attached hydrogens (tertiary/aromatic N) is 1. The predicted octanol–water partition coefficient (Wildman–Crippen LogP) is 2.93. The summed E-state index contributed by atoms with van der Waals surface area (Å²) in [6.07, 6.45) is -3.23. The van der Waals surface area contributed by atoms with Crippen LogP contribution in [0.1, 0.15) is 15.9 Å². The van der Waals surface area contributed by atoms with Crippen molar-refractivity contribution in [1.29, 1.82) is 0 Å². The number of carbonyl (C=O) groups is 1. The Balaban J connectivity index is 2.34. The normalized spacial score (nSPS) is 11.2. The van der Waals surface area contributed by atoms with Gasteiger partial charge in [-0.25, -0.2) is 4.98 Å². The minimum absolute atomic E-state index is 0.0227. The molecule has 1 aromatic heterocycles. The van der Waals surface area contributed by atoms with E-state index in [2.05, 4.69) is 10.3 Å². The Morgan fingerprint density at radius 2 is 1.85 bits per heavy atom. The maximum Gasteiger partial charge on any atom is 0.417 e. The number of nitrogen functional groups attached to an aromatic ring is 1. The maximum absolute atomic E-state index is 12.8. The molecular formula is C13H10F3N3O. The molecule has 0 unspecified atom stereocenters. The molecule has 2 aromatic rings. The lowest BCUT2D eigenvalue weighted by molar-refractivity contribution is -0.137. The highest BCUT2D eigenvalue weighted by atomic mass is 19.4. The van der Waals surface area contributed by atoms with Crippen LogP contribution in [0.25, 0.3) is 0 Å². The summed E-state index contributed by atoms with van der Waals surface area (Å²) in [7, 11) is 0. The van der Waals surface area contributed by atoms with Gasteiger partial charge in [0.05, 0.1) is 16.8 Å². The zero-order valence-corrected chi connectivity index (χ0v) is 10.1. The molecule has 0 aliphatic rings. The summed E-state index contributed by atoms with van der Waals surface area (Å²) < 4.78 is 38.4. The second-order valence-corrected chi connectivity index (χ2v) is 3.94. The lowest BCUT2D eigenvalue weighted by Crippen LogP contribution is -2.19. The lowest BCUT2D eigenvalue weighted by atomic mass is 10.1. The van der Waals surface area contributed by atoms with E-state index < -0.39 is 23.2 Å². The molecule has 0 aliphatic heterocycles. The van der Waals surface area contributed by atoms with Gasteiger partial charge in [-0.1, -0.05) is 12.1 Å². The zero-order chi connectivity index (χ0) is 14.8. The van der Waals surface area contributed by atoms with Crippen molar-refractivity contribution in [3.63, 3.8) is 0 Å². The average molecular weight is 281 g/mol. The fourth-order valence-corrected chi connectivity index (χ4v) is 1.63. The monoisotopic (exact) mass is 281 g/mol. The molecule has 0 saturated carbocycles. The number of benzene rings is 1. The van der Waals surface area contributed by atoms with Crippen molar-refractivity contribution in [2.24, 2.45) is 0 Å². The molecule has 1 heterocycles. The minimum atomic E-state index is -4.61. The Bertz CT molecular complexity index is 641. The molecule has 0 fully saturated rings. The van der Waals surface area contributed by atoms with Crippen LogP contribution in [0.3, 0.4) is 0 Å². The van der Waals surface area contributed by atoms with Crippen molar-refractivity contribution >= 4 is 17.4 Å². The first kappa shape index (κ1) is 13.9. The van der Waals surface area contributed by atoms with Gasteiger partial charge in [0, 0.05) is 6.20 Å². The van der Waals surface area contributed by atoms with Crippen LogP contribution >= 0.6 is 0 Å². The van der Waals surface area contributed by atoms with E-state index in [0.717, 1.165) is 12.1 Å². The van der Waals surface area contributed by atoms with E-state index in [9.17, 15) is 18.0 Å². The number of alkyl halides is 3. The van der Waals surface area contributed by atoms with Crippen LogP contribution in [0.15, 0.2) is 42.6 Å². The van der Waals surface area contributed by atoms with Crippen molar-refractivity contribution in [2.45, 2.75) is 6.18 Å². The number of hydrogen-bond donors (Lipinski definition) is 2. The summed E-state index contributed by atoms with van der Waals surface area (Å²) in [6.45, 7) is 0. The largest absolute Gasteiger partial charge is 0.417 e. The molecule has 1 aromatic carbocycles. The number of nitrogens with one attached hydrogen (secondary N) is 1. The van der Waals surface area contributed by atoms with Crippen LogP contribution in [0.2, 0.25) is 0 Å². The van der Waals surface area contributed by atoms with Gasteiger partial charge in [0.1, 0.15) is 0 Å². The number of anilines is 2. The molecule has 0 spiro atoms. The summed E-state index contributed by atoms with van der Waals surface area (Å²) in [6, 6.07) is 7.54. The van der Waals surface area contributed by atoms with E-state index in [0.29, 0.717) is 0 Å². The lowest BCUT2D eigenvalue weighted by Gasteiger charge is -2.12. The quantitative estimate of drug-likeness (QED) is 0.889. The Labute approximate surface area is 112 Å². The van der Waals surface area contributed by atoms with Crippen molar-refractivity contribution in [1.82, 2.24) is 4.98 Å². The molecule has 0 radical (unpaired) electrons. The molecule has 2 rings (SSSR count). The number of halogens is 3. The van der Waals surface area contributed by atoms with Gasteiger partial charge in [-0.3, -0.25) is 4.79 Å². The number of pyridine rings is 1. The SMILES string of the molecule is Nc1cccnc1NC(=O)c1ccccc1C(F)(F)F.